The van der Waals surface area contributed by atoms with Gasteiger partial charge in [-0.15, -0.1) is 0 Å². The van der Waals surface area contributed by atoms with Gasteiger partial charge in [-0.1, -0.05) is 12.8 Å². The predicted octanol–water partition coefficient (Wildman–Crippen LogP) is 2.66. The SMILES string of the molecule is FC1(F)CCN(C2CCCC2)CC1. The lowest BCUT2D eigenvalue weighted by Gasteiger charge is -2.35. The summed E-state index contributed by atoms with van der Waals surface area (Å²) in [5, 5.41) is 0. The van der Waals surface area contributed by atoms with Crippen LogP contribution in [0.25, 0.3) is 0 Å². The van der Waals surface area contributed by atoms with Crippen molar-refractivity contribution in [3.8, 4) is 0 Å². The molecular formula is C10H17F2N. The average molecular weight is 189 g/mol. The third-order valence-corrected chi connectivity index (χ3v) is 3.37. The lowest BCUT2D eigenvalue weighted by Crippen LogP contribution is -2.43. The van der Waals surface area contributed by atoms with Crippen LogP contribution in [0.5, 0.6) is 0 Å². The summed E-state index contributed by atoms with van der Waals surface area (Å²) in [6, 6.07) is 0.621. The summed E-state index contributed by atoms with van der Waals surface area (Å²) in [6.07, 6.45) is 5.18. The van der Waals surface area contributed by atoms with Gasteiger partial charge in [0.15, 0.2) is 0 Å². The highest BCUT2D eigenvalue weighted by Crippen LogP contribution is 2.32. The molecule has 0 bridgehead atoms. The van der Waals surface area contributed by atoms with Crippen LogP contribution in [0.2, 0.25) is 0 Å². The number of likely N-dealkylation sites (tertiary alicyclic amines) is 1. The fourth-order valence-corrected chi connectivity index (χ4v) is 2.49. The Morgan fingerprint density at radius 3 is 2.08 bits per heavy atom. The normalized spacial score (nSPS) is 30.9. The second-order valence-electron chi connectivity index (χ2n) is 4.33. The zero-order valence-electron chi connectivity index (χ0n) is 7.94. The molecule has 76 valence electrons. The highest BCUT2D eigenvalue weighted by atomic mass is 19.3. The Morgan fingerprint density at radius 1 is 1.00 bits per heavy atom. The van der Waals surface area contributed by atoms with Crippen LogP contribution in [0.4, 0.5) is 8.78 Å². The number of hydrogen-bond donors (Lipinski definition) is 0. The second-order valence-corrected chi connectivity index (χ2v) is 4.33. The molecule has 0 spiro atoms. The van der Waals surface area contributed by atoms with Gasteiger partial charge in [-0.05, 0) is 12.8 Å². The zero-order valence-corrected chi connectivity index (χ0v) is 7.94. The van der Waals surface area contributed by atoms with Gasteiger partial charge in [0.1, 0.15) is 0 Å². The second kappa shape index (κ2) is 3.52. The summed E-state index contributed by atoms with van der Waals surface area (Å²) in [7, 11) is 0. The maximum Gasteiger partial charge on any atom is 0.250 e. The molecule has 2 fully saturated rings. The number of rotatable bonds is 1. The maximum atomic E-state index is 12.8. The average Bonchev–Trinajstić information content (AvgIpc) is 2.56. The number of hydrogen-bond acceptors (Lipinski definition) is 1. The van der Waals surface area contributed by atoms with E-state index in [9.17, 15) is 8.78 Å². The van der Waals surface area contributed by atoms with Crippen LogP contribution in [0, 0.1) is 0 Å². The zero-order chi connectivity index (χ0) is 9.31. The number of halogens is 2. The van der Waals surface area contributed by atoms with Crippen LogP contribution in [0.15, 0.2) is 0 Å². The Morgan fingerprint density at radius 2 is 1.54 bits per heavy atom. The van der Waals surface area contributed by atoms with E-state index in [1.165, 1.54) is 25.7 Å². The van der Waals surface area contributed by atoms with Gasteiger partial charge in [0, 0.05) is 32.0 Å². The lowest BCUT2D eigenvalue weighted by molar-refractivity contribution is -0.0624. The molecule has 0 unspecified atom stereocenters. The molecule has 0 atom stereocenters. The summed E-state index contributed by atoms with van der Waals surface area (Å²) in [4.78, 5) is 2.27. The molecule has 0 radical (unpaired) electrons. The number of alkyl halides is 2. The van der Waals surface area contributed by atoms with Crippen molar-refractivity contribution in [2.24, 2.45) is 0 Å². The Kier molecular flexibility index (Phi) is 2.54. The van der Waals surface area contributed by atoms with E-state index in [2.05, 4.69) is 4.90 Å². The largest absolute Gasteiger partial charge is 0.300 e. The van der Waals surface area contributed by atoms with Gasteiger partial charge in [0.2, 0.25) is 0 Å². The molecule has 1 aliphatic carbocycles. The molecule has 0 N–H and O–H groups in total. The number of nitrogens with zero attached hydrogens (tertiary/aromatic N) is 1. The van der Waals surface area contributed by atoms with Gasteiger partial charge in [0.25, 0.3) is 5.92 Å². The summed E-state index contributed by atoms with van der Waals surface area (Å²) in [6.45, 7) is 1.22. The summed E-state index contributed by atoms with van der Waals surface area (Å²) >= 11 is 0. The minimum atomic E-state index is -2.38. The monoisotopic (exact) mass is 189 g/mol. The van der Waals surface area contributed by atoms with Crippen LogP contribution < -0.4 is 0 Å². The van der Waals surface area contributed by atoms with Gasteiger partial charge in [-0.3, -0.25) is 4.90 Å². The third-order valence-electron chi connectivity index (χ3n) is 3.37. The van der Waals surface area contributed by atoms with Crippen molar-refractivity contribution >= 4 is 0 Å². The first-order chi connectivity index (χ1) is 6.17. The molecular weight excluding hydrogens is 172 g/mol. The Bertz CT molecular complexity index is 166. The minimum Gasteiger partial charge on any atom is -0.300 e. The Balaban J connectivity index is 1.83. The van der Waals surface area contributed by atoms with E-state index in [0.717, 1.165) is 0 Å². The van der Waals surface area contributed by atoms with Gasteiger partial charge >= 0.3 is 0 Å². The van der Waals surface area contributed by atoms with E-state index in [4.69, 9.17) is 0 Å². The first-order valence-corrected chi connectivity index (χ1v) is 5.29. The van der Waals surface area contributed by atoms with Crippen LogP contribution in [0.3, 0.4) is 0 Å². The van der Waals surface area contributed by atoms with Crippen LogP contribution >= 0.6 is 0 Å². The van der Waals surface area contributed by atoms with Gasteiger partial charge in [-0.2, -0.15) is 0 Å². The van der Waals surface area contributed by atoms with Crippen molar-refractivity contribution in [2.75, 3.05) is 13.1 Å². The van der Waals surface area contributed by atoms with Crippen LogP contribution in [-0.2, 0) is 0 Å². The minimum absolute atomic E-state index is 0.0729. The van der Waals surface area contributed by atoms with Crippen LogP contribution in [0.1, 0.15) is 38.5 Å². The maximum absolute atomic E-state index is 12.8. The molecule has 1 aliphatic heterocycles. The lowest BCUT2D eigenvalue weighted by atomic mass is 10.0. The molecule has 0 aromatic carbocycles. The standard InChI is InChI=1S/C10H17F2N/c11-10(12)5-7-13(8-6-10)9-3-1-2-4-9/h9H,1-8H2. The quantitative estimate of drug-likeness (QED) is 0.613. The van der Waals surface area contributed by atoms with E-state index in [-0.39, 0.29) is 12.8 Å². The van der Waals surface area contributed by atoms with Crippen molar-refractivity contribution in [3.05, 3.63) is 0 Å². The molecule has 1 saturated heterocycles. The van der Waals surface area contributed by atoms with E-state index in [1.807, 2.05) is 0 Å². The van der Waals surface area contributed by atoms with E-state index >= 15 is 0 Å². The predicted molar refractivity (Wildman–Crippen MR) is 48.0 cm³/mol. The van der Waals surface area contributed by atoms with E-state index in [0.29, 0.717) is 19.1 Å². The fourth-order valence-electron chi connectivity index (χ4n) is 2.49. The summed E-state index contributed by atoms with van der Waals surface area (Å²) in [5.41, 5.74) is 0. The third kappa shape index (κ3) is 2.19. The highest BCUT2D eigenvalue weighted by Gasteiger charge is 2.36. The van der Waals surface area contributed by atoms with Gasteiger partial charge in [0.05, 0.1) is 0 Å². The first kappa shape index (κ1) is 9.38. The smallest absolute Gasteiger partial charge is 0.250 e. The number of piperidine rings is 1. The fraction of sp³-hybridized carbons (Fsp3) is 1.00. The molecule has 2 aliphatic rings. The van der Waals surface area contributed by atoms with Crippen LogP contribution in [-0.4, -0.2) is 30.0 Å². The van der Waals surface area contributed by atoms with Crippen molar-refractivity contribution in [1.82, 2.24) is 4.90 Å². The summed E-state index contributed by atoms with van der Waals surface area (Å²) in [5.74, 6) is -2.38. The van der Waals surface area contributed by atoms with Crippen molar-refractivity contribution in [1.29, 1.82) is 0 Å². The molecule has 13 heavy (non-hydrogen) atoms. The highest BCUT2D eigenvalue weighted by molar-refractivity contribution is 4.84. The van der Waals surface area contributed by atoms with E-state index in [1.54, 1.807) is 0 Å². The summed E-state index contributed by atoms with van der Waals surface area (Å²) < 4.78 is 25.7. The molecule has 0 aromatic heterocycles. The Labute approximate surface area is 78.1 Å². The van der Waals surface area contributed by atoms with Crippen molar-refractivity contribution in [2.45, 2.75) is 50.5 Å². The molecule has 2 rings (SSSR count). The Hall–Kier alpha value is -0.180. The molecule has 0 amide bonds. The molecule has 3 heteroatoms. The van der Waals surface area contributed by atoms with E-state index < -0.39 is 5.92 Å². The first-order valence-electron chi connectivity index (χ1n) is 5.29. The molecule has 0 aromatic rings. The van der Waals surface area contributed by atoms with Gasteiger partial charge < -0.3 is 0 Å². The molecule has 1 heterocycles. The van der Waals surface area contributed by atoms with Crippen molar-refractivity contribution < 1.29 is 8.78 Å². The van der Waals surface area contributed by atoms with Gasteiger partial charge in [-0.25, -0.2) is 8.78 Å². The van der Waals surface area contributed by atoms with Crippen molar-refractivity contribution in [3.63, 3.8) is 0 Å². The molecule has 1 nitrogen and oxygen atoms in total. The molecule has 1 saturated carbocycles. The topological polar surface area (TPSA) is 3.24 Å².